The minimum absolute atomic E-state index is 0.459. The van der Waals surface area contributed by atoms with Crippen molar-refractivity contribution in [2.75, 3.05) is 39.1 Å². The number of likely N-dealkylation sites (N-methyl/N-ethyl adjacent to an activating group) is 1. The highest BCUT2D eigenvalue weighted by atomic mass is 32.1. The van der Waals surface area contributed by atoms with Crippen LogP contribution in [0.3, 0.4) is 0 Å². The SMILES string of the molecule is CCOCCN(C)CC1(CS)CCCCCC1. The molecule has 0 bridgehead atoms. The van der Waals surface area contributed by atoms with Crippen molar-refractivity contribution in [3.63, 3.8) is 0 Å². The van der Waals surface area contributed by atoms with E-state index in [1.165, 1.54) is 45.1 Å². The molecule has 3 heteroatoms. The molecule has 0 N–H and O–H groups in total. The van der Waals surface area contributed by atoms with Crippen LogP contribution in [0.15, 0.2) is 0 Å². The summed E-state index contributed by atoms with van der Waals surface area (Å²) in [4.78, 5) is 2.43. The molecule has 102 valence electrons. The number of ether oxygens (including phenoxy) is 1. The van der Waals surface area contributed by atoms with Crippen LogP contribution in [0, 0.1) is 5.41 Å². The Hall–Kier alpha value is 0.270. The van der Waals surface area contributed by atoms with Crippen molar-refractivity contribution in [2.45, 2.75) is 45.4 Å². The second kappa shape index (κ2) is 8.39. The summed E-state index contributed by atoms with van der Waals surface area (Å²) in [5, 5.41) is 0. The molecule has 0 radical (unpaired) electrons. The first-order valence-corrected chi connectivity index (χ1v) is 7.73. The lowest BCUT2D eigenvalue weighted by atomic mass is 9.82. The highest BCUT2D eigenvalue weighted by Gasteiger charge is 2.30. The van der Waals surface area contributed by atoms with E-state index in [4.69, 9.17) is 4.74 Å². The standard InChI is InChI=1S/C14H29NOS/c1-3-16-11-10-15(2)12-14(13-17)8-6-4-5-7-9-14/h17H,3-13H2,1-2H3. The largest absolute Gasteiger partial charge is 0.380 e. The maximum Gasteiger partial charge on any atom is 0.0593 e. The summed E-state index contributed by atoms with van der Waals surface area (Å²) in [7, 11) is 2.22. The average Bonchev–Trinajstić information content (AvgIpc) is 2.56. The van der Waals surface area contributed by atoms with Gasteiger partial charge in [-0.3, -0.25) is 0 Å². The van der Waals surface area contributed by atoms with Crippen molar-refractivity contribution in [2.24, 2.45) is 5.41 Å². The van der Waals surface area contributed by atoms with E-state index in [0.717, 1.165) is 25.5 Å². The second-order valence-electron chi connectivity index (χ2n) is 5.51. The van der Waals surface area contributed by atoms with Crippen molar-refractivity contribution in [3.8, 4) is 0 Å². The molecule has 0 aromatic rings. The molecule has 0 aliphatic heterocycles. The first-order valence-electron chi connectivity index (χ1n) is 7.09. The third-order valence-corrected chi connectivity index (χ3v) is 4.60. The van der Waals surface area contributed by atoms with Gasteiger partial charge in [0.25, 0.3) is 0 Å². The van der Waals surface area contributed by atoms with Crippen LogP contribution in [0.5, 0.6) is 0 Å². The van der Waals surface area contributed by atoms with Gasteiger partial charge >= 0.3 is 0 Å². The number of rotatable bonds is 7. The van der Waals surface area contributed by atoms with Gasteiger partial charge in [-0.2, -0.15) is 12.6 Å². The van der Waals surface area contributed by atoms with E-state index in [1.807, 2.05) is 0 Å². The van der Waals surface area contributed by atoms with E-state index < -0.39 is 0 Å². The average molecular weight is 259 g/mol. The van der Waals surface area contributed by atoms with Gasteiger partial charge in [0, 0.05) is 19.7 Å². The lowest BCUT2D eigenvalue weighted by molar-refractivity contribution is 0.100. The van der Waals surface area contributed by atoms with Crippen LogP contribution < -0.4 is 0 Å². The van der Waals surface area contributed by atoms with Crippen molar-refractivity contribution >= 4 is 12.6 Å². The Bertz CT molecular complexity index is 191. The van der Waals surface area contributed by atoms with E-state index in [9.17, 15) is 0 Å². The van der Waals surface area contributed by atoms with E-state index in [1.54, 1.807) is 0 Å². The molecule has 0 saturated heterocycles. The molecule has 0 unspecified atom stereocenters. The summed E-state index contributed by atoms with van der Waals surface area (Å²) >= 11 is 4.62. The maximum absolute atomic E-state index is 5.42. The van der Waals surface area contributed by atoms with Gasteiger partial charge < -0.3 is 9.64 Å². The molecule has 0 heterocycles. The molecule has 1 aliphatic rings. The Kier molecular flexibility index (Phi) is 7.56. The molecule has 0 atom stereocenters. The molecule has 1 rings (SSSR count). The first kappa shape index (κ1) is 15.3. The fourth-order valence-corrected chi connectivity index (χ4v) is 3.28. The van der Waals surface area contributed by atoms with Crippen LogP contribution in [-0.4, -0.2) is 44.0 Å². The summed E-state index contributed by atoms with van der Waals surface area (Å²) in [6.45, 7) is 5.97. The van der Waals surface area contributed by atoms with Crippen molar-refractivity contribution in [1.29, 1.82) is 0 Å². The van der Waals surface area contributed by atoms with Gasteiger partial charge in [0.2, 0.25) is 0 Å². The number of hydrogen-bond donors (Lipinski definition) is 1. The lowest BCUT2D eigenvalue weighted by Crippen LogP contribution is -2.38. The summed E-state index contributed by atoms with van der Waals surface area (Å²) in [6, 6.07) is 0. The molecule has 0 amide bonds. The Morgan fingerprint density at radius 3 is 2.35 bits per heavy atom. The summed E-state index contributed by atoms with van der Waals surface area (Å²) in [6.07, 6.45) is 8.32. The monoisotopic (exact) mass is 259 g/mol. The van der Waals surface area contributed by atoms with E-state index in [2.05, 4.69) is 31.5 Å². The third-order valence-electron chi connectivity index (χ3n) is 3.93. The quantitative estimate of drug-likeness (QED) is 0.428. The Labute approximate surface area is 113 Å². The molecule has 0 spiro atoms. The molecule has 1 aliphatic carbocycles. The van der Waals surface area contributed by atoms with Crippen molar-refractivity contribution < 1.29 is 4.74 Å². The normalized spacial score (nSPS) is 20.5. The molecule has 1 fully saturated rings. The Morgan fingerprint density at radius 1 is 1.18 bits per heavy atom. The van der Waals surface area contributed by atoms with Gasteiger partial charge in [0.1, 0.15) is 0 Å². The summed E-state index contributed by atoms with van der Waals surface area (Å²) in [5.74, 6) is 1.03. The predicted molar refractivity (Wildman–Crippen MR) is 78.0 cm³/mol. The molecule has 2 nitrogen and oxygen atoms in total. The van der Waals surface area contributed by atoms with Crippen LogP contribution in [0.25, 0.3) is 0 Å². The fourth-order valence-electron chi connectivity index (χ4n) is 2.86. The zero-order valence-corrected chi connectivity index (χ0v) is 12.5. The topological polar surface area (TPSA) is 12.5 Å². The fraction of sp³-hybridized carbons (Fsp3) is 1.00. The predicted octanol–water partition coefficient (Wildman–Crippen LogP) is 3.23. The van der Waals surface area contributed by atoms with Crippen molar-refractivity contribution in [1.82, 2.24) is 4.90 Å². The maximum atomic E-state index is 5.42. The van der Waals surface area contributed by atoms with E-state index in [0.29, 0.717) is 5.41 Å². The van der Waals surface area contributed by atoms with Crippen LogP contribution in [0.4, 0.5) is 0 Å². The van der Waals surface area contributed by atoms with Crippen LogP contribution >= 0.6 is 12.6 Å². The highest BCUT2D eigenvalue weighted by molar-refractivity contribution is 7.80. The highest BCUT2D eigenvalue weighted by Crippen LogP contribution is 2.36. The van der Waals surface area contributed by atoms with Gasteiger partial charge in [0.15, 0.2) is 0 Å². The molecular weight excluding hydrogens is 230 g/mol. The third kappa shape index (κ3) is 5.62. The molecule has 17 heavy (non-hydrogen) atoms. The van der Waals surface area contributed by atoms with Crippen LogP contribution in [-0.2, 0) is 4.74 Å². The van der Waals surface area contributed by atoms with Gasteiger partial charge in [0.05, 0.1) is 6.61 Å². The van der Waals surface area contributed by atoms with E-state index in [-0.39, 0.29) is 0 Å². The first-order chi connectivity index (χ1) is 8.22. The van der Waals surface area contributed by atoms with Gasteiger partial charge in [-0.1, -0.05) is 25.7 Å². The lowest BCUT2D eigenvalue weighted by Gasteiger charge is -2.35. The number of thiol groups is 1. The smallest absolute Gasteiger partial charge is 0.0593 e. The van der Waals surface area contributed by atoms with Crippen LogP contribution in [0.2, 0.25) is 0 Å². The van der Waals surface area contributed by atoms with Crippen molar-refractivity contribution in [3.05, 3.63) is 0 Å². The molecule has 1 saturated carbocycles. The van der Waals surface area contributed by atoms with Crippen LogP contribution in [0.1, 0.15) is 45.4 Å². The Balaban J connectivity index is 2.37. The minimum atomic E-state index is 0.459. The molecule has 0 aromatic carbocycles. The van der Waals surface area contributed by atoms with Gasteiger partial charge in [-0.25, -0.2) is 0 Å². The van der Waals surface area contributed by atoms with E-state index >= 15 is 0 Å². The summed E-state index contributed by atoms with van der Waals surface area (Å²) in [5.41, 5.74) is 0.459. The summed E-state index contributed by atoms with van der Waals surface area (Å²) < 4.78 is 5.42. The minimum Gasteiger partial charge on any atom is -0.380 e. The second-order valence-corrected chi connectivity index (χ2v) is 5.82. The molecular formula is C14H29NOS. The zero-order chi connectivity index (χ0) is 12.6. The Morgan fingerprint density at radius 2 is 1.82 bits per heavy atom. The van der Waals surface area contributed by atoms with Gasteiger partial charge in [-0.15, -0.1) is 0 Å². The molecule has 0 aromatic heterocycles. The number of hydrogen-bond acceptors (Lipinski definition) is 3. The van der Waals surface area contributed by atoms with Gasteiger partial charge in [-0.05, 0) is 38.0 Å². The zero-order valence-electron chi connectivity index (χ0n) is 11.6. The number of nitrogens with zero attached hydrogens (tertiary/aromatic N) is 1.